The van der Waals surface area contributed by atoms with Gasteiger partial charge in [-0.2, -0.15) is 0 Å². The minimum absolute atomic E-state index is 0.0493. The fourth-order valence-corrected chi connectivity index (χ4v) is 4.14. The van der Waals surface area contributed by atoms with E-state index >= 15 is 0 Å². The quantitative estimate of drug-likeness (QED) is 0.665. The van der Waals surface area contributed by atoms with Crippen molar-refractivity contribution in [2.75, 3.05) is 11.4 Å². The molecule has 2 heterocycles. The Bertz CT molecular complexity index is 912. The minimum Gasteiger partial charge on any atom is -0.307 e. The van der Waals surface area contributed by atoms with Gasteiger partial charge in [0, 0.05) is 34.6 Å². The number of carbonyl (C=O) groups is 1. The Morgan fingerprint density at radius 2 is 1.73 bits per heavy atom. The van der Waals surface area contributed by atoms with E-state index in [4.69, 9.17) is 0 Å². The molecule has 0 bridgehead atoms. The van der Waals surface area contributed by atoms with E-state index in [1.165, 1.54) is 0 Å². The van der Waals surface area contributed by atoms with E-state index in [9.17, 15) is 4.79 Å². The first-order chi connectivity index (χ1) is 12.7. The molecule has 1 atom stereocenters. The normalized spacial score (nSPS) is 16.7. The fourth-order valence-electron chi connectivity index (χ4n) is 3.03. The third-order valence-electron chi connectivity index (χ3n) is 4.42. The Morgan fingerprint density at radius 3 is 2.50 bits per heavy atom. The van der Waals surface area contributed by atoms with E-state index in [0.717, 1.165) is 22.6 Å². The van der Waals surface area contributed by atoms with Crippen LogP contribution in [0.5, 0.6) is 0 Å². The number of amides is 1. The van der Waals surface area contributed by atoms with Gasteiger partial charge in [-0.25, -0.2) is 9.97 Å². The average molecular weight is 361 g/mol. The summed E-state index contributed by atoms with van der Waals surface area (Å²) in [6.07, 6.45) is 4.21. The van der Waals surface area contributed by atoms with Crippen LogP contribution >= 0.6 is 11.8 Å². The average Bonchev–Trinajstić information content (AvgIpc) is 2.86. The van der Waals surface area contributed by atoms with Crippen LogP contribution in [-0.2, 0) is 0 Å². The topological polar surface area (TPSA) is 46.1 Å². The maximum absolute atomic E-state index is 13.1. The van der Waals surface area contributed by atoms with Gasteiger partial charge < -0.3 is 4.90 Å². The van der Waals surface area contributed by atoms with Crippen LogP contribution in [0, 0.1) is 0 Å². The SMILES string of the molecule is CC1CCN(C(=O)c2cnc(-c3ccccc3)nc2)c2ccccc2S1. The van der Waals surface area contributed by atoms with Gasteiger partial charge in [0.05, 0.1) is 11.3 Å². The lowest BCUT2D eigenvalue weighted by atomic mass is 10.2. The molecule has 2 aromatic carbocycles. The molecule has 5 heteroatoms. The summed E-state index contributed by atoms with van der Waals surface area (Å²) in [5, 5.41) is 0.477. The molecule has 1 unspecified atom stereocenters. The zero-order valence-electron chi connectivity index (χ0n) is 14.5. The first-order valence-corrected chi connectivity index (χ1v) is 9.55. The lowest BCUT2D eigenvalue weighted by Crippen LogP contribution is -2.32. The van der Waals surface area contributed by atoms with Crippen molar-refractivity contribution in [3.63, 3.8) is 0 Å². The van der Waals surface area contributed by atoms with Gasteiger partial charge >= 0.3 is 0 Å². The highest BCUT2D eigenvalue weighted by molar-refractivity contribution is 8.00. The van der Waals surface area contributed by atoms with Crippen LogP contribution in [-0.4, -0.2) is 27.7 Å². The zero-order chi connectivity index (χ0) is 17.9. The summed E-state index contributed by atoms with van der Waals surface area (Å²) in [6.45, 7) is 2.90. The molecule has 1 amide bonds. The van der Waals surface area contributed by atoms with E-state index in [1.54, 1.807) is 12.4 Å². The summed E-state index contributed by atoms with van der Waals surface area (Å²) in [7, 11) is 0. The highest BCUT2D eigenvalue weighted by Crippen LogP contribution is 2.37. The molecule has 26 heavy (non-hydrogen) atoms. The lowest BCUT2D eigenvalue weighted by Gasteiger charge is -2.22. The highest BCUT2D eigenvalue weighted by Gasteiger charge is 2.25. The first-order valence-electron chi connectivity index (χ1n) is 8.67. The van der Waals surface area contributed by atoms with Crippen molar-refractivity contribution in [3.8, 4) is 11.4 Å². The van der Waals surface area contributed by atoms with Gasteiger partial charge in [0.25, 0.3) is 5.91 Å². The van der Waals surface area contributed by atoms with Crippen molar-refractivity contribution in [1.82, 2.24) is 9.97 Å². The standard InChI is InChI=1S/C21H19N3OS/c1-15-11-12-24(18-9-5-6-10-19(18)26-15)21(25)17-13-22-20(23-14-17)16-7-3-2-4-8-16/h2-10,13-15H,11-12H2,1H3. The first kappa shape index (κ1) is 16.8. The molecule has 0 N–H and O–H groups in total. The second-order valence-corrected chi connectivity index (χ2v) is 7.78. The van der Waals surface area contributed by atoms with E-state index in [0.29, 0.717) is 23.2 Å². The largest absolute Gasteiger partial charge is 0.307 e. The fraction of sp³-hybridized carbons (Fsp3) is 0.190. The molecule has 0 radical (unpaired) electrons. The van der Waals surface area contributed by atoms with Crippen LogP contribution in [0.3, 0.4) is 0 Å². The summed E-state index contributed by atoms with van der Waals surface area (Å²) in [5.41, 5.74) is 2.43. The third kappa shape index (κ3) is 3.35. The van der Waals surface area contributed by atoms with Crippen molar-refractivity contribution in [1.29, 1.82) is 0 Å². The predicted octanol–water partition coefficient (Wildman–Crippen LogP) is 4.67. The zero-order valence-corrected chi connectivity index (χ0v) is 15.3. The number of aromatic nitrogens is 2. The molecule has 4 rings (SSSR count). The molecule has 0 aliphatic carbocycles. The van der Waals surface area contributed by atoms with Gasteiger partial charge in [0.1, 0.15) is 0 Å². The molecule has 0 fully saturated rings. The van der Waals surface area contributed by atoms with Crippen LogP contribution < -0.4 is 4.90 Å². The van der Waals surface area contributed by atoms with Gasteiger partial charge in [0.15, 0.2) is 5.82 Å². The number of hydrogen-bond acceptors (Lipinski definition) is 4. The summed E-state index contributed by atoms with van der Waals surface area (Å²) in [5.74, 6) is 0.578. The summed E-state index contributed by atoms with van der Waals surface area (Å²) in [4.78, 5) is 24.9. The number of hydrogen-bond donors (Lipinski definition) is 0. The van der Waals surface area contributed by atoms with Crippen molar-refractivity contribution in [2.45, 2.75) is 23.5 Å². The molecule has 3 aromatic rings. The molecule has 0 saturated carbocycles. The van der Waals surface area contributed by atoms with E-state index in [-0.39, 0.29) is 5.91 Å². The number of para-hydroxylation sites is 1. The molecule has 130 valence electrons. The van der Waals surface area contributed by atoms with Crippen LogP contribution in [0.1, 0.15) is 23.7 Å². The number of thioether (sulfide) groups is 1. The smallest absolute Gasteiger partial charge is 0.261 e. The number of anilines is 1. The maximum atomic E-state index is 13.1. The van der Waals surface area contributed by atoms with Crippen LogP contribution in [0.25, 0.3) is 11.4 Å². The summed E-state index contributed by atoms with van der Waals surface area (Å²) in [6, 6.07) is 17.9. The second kappa shape index (κ2) is 7.30. The number of carbonyl (C=O) groups excluding carboxylic acids is 1. The summed E-state index contributed by atoms with van der Waals surface area (Å²) < 4.78 is 0. The summed E-state index contributed by atoms with van der Waals surface area (Å²) >= 11 is 1.82. The van der Waals surface area contributed by atoms with E-state index < -0.39 is 0 Å². The third-order valence-corrected chi connectivity index (χ3v) is 5.66. The van der Waals surface area contributed by atoms with Crippen molar-refractivity contribution < 1.29 is 4.79 Å². The number of fused-ring (bicyclic) bond motifs is 1. The van der Waals surface area contributed by atoms with Crippen molar-refractivity contribution >= 4 is 23.4 Å². The molecular weight excluding hydrogens is 342 g/mol. The van der Waals surface area contributed by atoms with Gasteiger partial charge in [-0.3, -0.25) is 4.79 Å². The number of nitrogens with zero attached hydrogens (tertiary/aromatic N) is 3. The van der Waals surface area contributed by atoms with Crippen LogP contribution in [0.4, 0.5) is 5.69 Å². The van der Waals surface area contributed by atoms with Gasteiger partial charge in [-0.15, -0.1) is 11.8 Å². The predicted molar refractivity (Wildman–Crippen MR) is 106 cm³/mol. The molecule has 0 spiro atoms. The Hall–Kier alpha value is -2.66. The van der Waals surface area contributed by atoms with Gasteiger partial charge in [0.2, 0.25) is 0 Å². The Labute approximate surface area is 157 Å². The molecule has 1 aliphatic rings. The Kier molecular flexibility index (Phi) is 4.71. The van der Waals surface area contributed by atoms with E-state index in [2.05, 4.69) is 23.0 Å². The highest BCUT2D eigenvalue weighted by atomic mass is 32.2. The molecule has 1 aliphatic heterocycles. The number of benzene rings is 2. The number of rotatable bonds is 2. The molecule has 1 aromatic heterocycles. The Balaban J connectivity index is 1.63. The Morgan fingerprint density at radius 1 is 1.04 bits per heavy atom. The van der Waals surface area contributed by atoms with Crippen LogP contribution in [0.15, 0.2) is 71.9 Å². The second-order valence-electron chi connectivity index (χ2n) is 6.30. The monoisotopic (exact) mass is 361 g/mol. The van der Waals surface area contributed by atoms with Gasteiger partial charge in [-0.05, 0) is 18.6 Å². The van der Waals surface area contributed by atoms with Crippen molar-refractivity contribution in [3.05, 3.63) is 72.6 Å². The molecule has 4 nitrogen and oxygen atoms in total. The minimum atomic E-state index is -0.0493. The molecule has 0 saturated heterocycles. The van der Waals surface area contributed by atoms with Crippen molar-refractivity contribution in [2.24, 2.45) is 0 Å². The molecular formula is C21H19N3OS. The lowest BCUT2D eigenvalue weighted by molar-refractivity contribution is 0.0986. The van der Waals surface area contributed by atoms with Gasteiger partial charge in [-0.1, -0.05) is 49.4 Å². The van der Waals surface area contributed by atoms with Crippen LogP contribution in [0.2, 0.25) is 0 Å². The maximum Gasteiger partial charge on any atom is 0.261 e. The van der Waals surface area contributed by atoms with E-state index in [1.807, 2.05) is 65.2 Å².